The lowest BCUT2D eigenvalue weighted by Crippen LogP contribution is -2.10. The molecule has 164 valence electrons. The van der Waals surface area contributed by atoms with Crippen molar-refractivity contribution in [3.05, 3.63) is 63.7 Å². The molecule has 2 aromatic carbocycles. The minimum absolute atomic E-state index is 0.00240. The molecule has 2 aliphatic heterocycles. The van der Waals surface area contributed by atoms with Crippen molar-refractivity contribution in [1.82, 2.24) is 9.34 Å². The lowest BCUT2D eigenvalue weighted by molar-refractivity contribution is -0.385. The van der Waals surface area contributed by atoms with Gasteiger partial charge in [-0.2, -0.15) is 0 Å². The van der Waals surface area contributed by atoms with Gasteiger partial charge in [-0.3, -0.25) is 24.0 Å². The molecule has 0 radical (unpaired) electrons. The van der Waals surface area contributed by atoms with Gasteiger partial charge in [-0.05, 0) is 36.8 Å². The normalized spacial score (nSPS) is 17.2. The van der Waals surface area contributed by atoms with Crippen LogP contribution in [0.3, 0.4) is 0 Å². The topological polar surface area (TPSA) is 102 Å². The smallest absolute Gasteiger partial charge is 0.346 e. The van der Waals surface area contributed by atoms with E-state index in [4.69, 9.17) is 9.26 Å². The SMILES string of the molecule is CCC(=O)c1ccccc1Oc1cc(C(C)OP(=O)(N2CC2)N2CC2)ccc1[N+](=O)[O-]. The second kappa shape index (κ2) is 8.51. The first kappa shape index (κ1) is 21.6. The van der Waals surface area contributed by atoms with E-state index in [0.717, 1.165) is 26.2 Å². The summed E-state index contributed by atoms with van der Waals surface area (Å²) in [5.74, 6) is 0.133. The zero-order valence-corrected chi connectivity index (χ0v) is 18.3. The number of ketones is 1. The first-order valence-corrected chi connectivity index (χ1v) is 11.7. The molecule has 0 bridgehead atoms. The van der Waals surface area contributed by atoms with Gasteiger partial charge in [-0.25, -0.2) is 9.34 Å². The van der Waals surface area contributed by atoms with Gasteiger partial charge >= 0.3 is 13.4 Å². The van der Waals surface area contributed by atoms with Crippen molar-refractivity contribution in [2.45, 2.75) is 26.4 Å². The predicted molar refractivity (Wildman–Crippen MR) is 114 cm³/mol. The largest absolute Gasteiger partial charge is 0.449 e. The first-order chi connectivity index (χ1) is 14.8. The molecule has 2 aromatic rings. The second-order valence-corrected chi connectivity index (χ2v) is 9.83. The van der Waals surface area contributed by atoms with E-state index in [9.17, 15) is 19.5 Å². The average Bonchev–Trinajstić information content (AvgIpc) is 3.65. The van der Waals surface area contributed by atoms with Gasteiger partial charge in [0.1, 0.15) is 5.75 Å². The molecule has 0 aliphatic carbocycles. The summed E-state index contributed by atoms with van der Waals surface area (Å²) in [5.41, 5.74) is 0.736. The molecule has 1 unspecified atom stereocenters. The third-order valence-electron chi connectivity index (χ3n) is 5.24. The number of benzene rings is 2. The Morgan fingerprint density at radius 3 is 2.35 bits per heavy atom. The minimum atomic E-state index is -3.05. The maximum Gasteiger partial charge on any atom is 0.346 e. The Morgan fingerprint density at radius 2 is 1.77 bits per heavy atom. The highest BCUT2D eigenvalue weighted by Gasteiger charge is 2.50. The van der Waals surface area contributed by atoms with Crippen molar-refractivity contribution in [3.63, 3.8) is 0 Å². The number of hydrogen-bond acceptors (Lipinski definition) is 6. The highest BCUT2D eigenvalue weighted by Crippen LogP contribution is 2.63. The van der Waals surface area contributed by atoms with E-state index in [0.29, 0.717) is 11.1 Å². The number of carbonyl (C=O) groups is 1. The van der Waals surface area contributed by atoms with Crippen molar-refractivity contribution >= 4 is 19.1 Å². The van der Waals surface area contributed by atoms with Gasteiger partial charge in [0, 0.05) is 38.7 Å². The van der Waals surface area contributed by atoms with Gasteiger partial charge in [-0.1, -0.05) is 19.1 Å². The van der Waals surface area contributed by atoms with E-state index in [2.05, 4.69) is 0 Å². The Morgan fingerprint density at radius 1 is 1.13 bits per heavy atom. The molecule has 0 amide bonds. The summed E-state index contributed by atoms with van der Waals surface area (Å²) in [6, 6.07) is 11.1. The summed E-state index contributed by atoms with van der Waals surface area (Å²) in [6.07, 6.45) is -0.280. The molecule has 2 heterocycles. The number of nitrogens with zero attached hydrogens (tertiary/aromatic N) is 3. The molecule has 31 heavy (non-hydrogen) atoms. The Balaban J connectivity index is 1.64. The zero-order chi connectivity index (χ0) is 22.2. The summed E-state index contributed by atoms with van der Waals surface area (Å²) in [6.45, 7) is 6.44. The van der Waals surface area contributed by atoms with Crippen LogP contribution in [-0.2, 0) is 9.09 Å². The molecule has 1 atom stereocenters. The third kappa shape index (κ3) is 4.55. The van der Waals surface area contributed by atoms with Gasteiger partial charge in [-0.15, -0.1) is 0 Å². The predicted octanol–water partition coefficient (Wildman–Crippen LogP) is 4.80. The summed E-state index contributed by atoms with van der Waals surface area (Å²) < 4.78 is 28.7. The molecular weight excluding hydrogens is 421 g/mol. The van der Waals surface area contributed by atoms with Crippen molar-refractivity contribution in [1.29, 1.82) is 0 Å². The van der Waals surface area contributed by atoms with Gasteiger partial charge in [0.15, 0.2) is 5.78 Å². The third-order valence-corrected chi connectivity index (χ3v) is 8.06. The van der Waals surface area contributed by atoms with Crippen molar-refractivity contribution < 1.29 is 23.5 Å². The fourth-order valence-electron chi connectivity index (χ4n) is 3.29. The summed E-state index contributed by atoms with van der Waals surface area (Å²) in [4.78, 5) is 23.3. The van der Waals surface area contributed by atoms with Crippen molar-refractivity contribution in [2.24, 2.45) is 0 Å². The molecular formula is C21H24N3O6P. The van der Waals surface area contributed by atoms with Crippen LogP contribution in [0.2, 0.25) is 0 Å². The van der Waals surface area contributed by atoms with E-state index in [-0.39, 0.29) is 29.4 Å². The van der Waals surface area contributed by atoms with Crippen LogP contribution in [0.15, 0.2) is 42.5 Å². The number of ether oxygens (including phenoxy) is 1. The molecule has 2 fully saturated rings. The van der Waals surface area contributed by atoms with E-state index in [1.807, 2.05) is 9.34 Å². The van der Waals surface area contributed by atoms with Crippen LogP contribution in [0, 0.1) is 10.1 Å². The Bertz CT molecular complexity index is 1050. The van der Waals surface area contributed by atoms with Crippen LogP contribution < -0.4 is 4.74 Å². The van der Waals surface area contributed by atoms with Gasteiger partial charge in [0.05, 0.1) is 16.6 Å². The molecule has 0 saturated carbocycles. The fourth-order valence-corrected chi connectivity index (χ4v) is 5.63. The number of nitro groups is 1. The zero-order valence-electron chi connectivity index (χ0n) is 17.4. The maximum absolute atomic E-state index is 13.3. The van der Waals surface area contributed by atoms with Crippen molar-refractivity contribution in [3.8, 4) is 11.5 Å². The van der Waals surface area contributed by atoms with Crippen LogP contribution in [0.5, 0.6) is 11.5 Å². The van der Waals surface area contributed by atoms with E-state index in [1.165, 1.54) is 12.1 Å². The van der Waals surface area contributed by atoms with Gasteiger partial charge in [0.25, 0.3) is 0 Å². The van der Waals surface area contributed by atoms with Crippen LogP contribution >= 0.6 is 7.67 Å². The van der Waals surface area contributed by atoms with Crippen molar-refractivity contribution in [2.75, 3.05) is 26.2 Å². The number of carbonyl (C=O) groups excluding carboxylic acids is 1. The Labute approximate surface area is 180 Å². The van der Waals surface area contributed by atoms with E-state index in [1.54, 1.807) is 44.2 Å². The monoisotopic (exact) mass is 445 g/mol. The van der Waals surface area contributed by atoms with Crippen LogP contribution in [0.25, 0.3) is 0 Å². The van der Waals surface area contributed by atoms with E-state index >= 15 is 0 Å². The molecule has 2 saturated heterocycles. The fraction of sp³-hybridized carbons (Fsp3) is 0.381. The highest BCUT2D eigenvalue weighted by molar-refractivity contribution is 7.54. The first-order valence-electron chi connectivity index (χ1n) is 10.2. The standard InChI is InChI=1S/C21H24N3O6P/c1-3-19(25)17-6-4-5-7-20(17)29-21-14-16(8-9-18(21)24(26)27)15(2)30-31(28,22-10-11-22)23-12-13-23/h4-9,14-15H,3,10-13H2,1-2H3. The van der Waals surface area contributed by atoms with Crippen LogP contribution in [0.1, 0.15) is 42.3 Å². The van der Waals surface area contributed by atoms with E-state index < -0.39 is 18.7 Å². The molecule has 9 nitrogen and oxygen atoms in total. The number of rotatable bonds is 10. The van der Waals surface area contributed by atoms with Gasteiger partial charge < -0.3 is 4.74 Å². The van der Waals surface area contributed by atoms with Gasteiger partial charge in [0.2, 0.25) is 5.75 Å². The average molecular weight is 445 g/mol. The molecule has 0 spiro atoms. The molecule has 2 aliphatic rings. The highest BCUT2D eigenvalue weighted by atomic mass is 31.2. The molecule has 10 heteroatoms. The molecule has 0 N–H and O–H groups in total. The number of para-hydroxylation sites is 1. The number of hydrogen-bond donors (Lipinski definition) is 0. The number of nitro benzene ring substituents is 1. The summed E-state index contributed by atoms with van der Waals surface area (Å²) in [7, 11) is -3.05. The van der Waals surface area contributed by atoms with Crippen LogP contribution in [0.4, 0.5) is 5.69 Å². The quantitative estimate of drug-likeness (QED) is 0.169. The lowest BCUT2D eigenvalue weighted by Gasteiger charge is -2.24. The van der Waals surface area contributed by atoms with Crippen LogP contribution in [-0.4, -0.2) is 46.2 Å². The molecule has 0 aromatic heterocycles. The Kier molecular flexibility index (Phi) is 5.94. The lowest BCUT2D eigenvalue weighted by atomic mass is 10.1. The second-order valence-electron chi connectivity index (χ2n) is 7.50. The summed E-state index contributed by atoms with van der Waals surface area (Å²) >= 11 is 0. The minimum Gasteiger partial charge on any atom is -0.449 e. The summed E-state index contributed by atoms with van der Waals surface area (Å²) in [5, 5.41) is 11.6. The maximum atomic E-state index is 13.3. The Hall–Kier alpha value is -2.58. The number of Topliss-reactive ketones (excluding diaryl/α,β-unsaturated/α-hetero) is 1. The molecule has 4 rings (SSSR count).